The summed E-state index contributed by atoms with van der Waals surface area (Å²) in [5, 5.41) is -0.253. The summed E-state index contributed by atoms with van der Waals surface area (Å²) >= 11 is 5.02. The molecule has 1 saturated heterocycles. The monoisotopic (exact) mass is 445 g/mol. The van der Waals surface area contributed by atoms with Gasteiger partial charge in [0.15, 0.2) is 0 Å². The maximum Gasteiger partial charge on any atom is 0.416 e. The van der Waals surface area contributed by atoms with E-state index in [4.69, 9.17) is 4.74 Å². The first-order valence-electron chi connectivity index (χ1n) is 7.74. The molecule has 0 radical (unpaired) electrons. The van der Waals surface area contributed by atoms with E-state index in [0.717, 1.165) is 27.9 Å². The van der Waals surface area contributed by atoms with Crippen LogP contribution < -0.4 is 4.74 Å². The Hall–Kier alpha value is -1.67. The Morgan fingerprint density at radius 2 is 1.92 bits per heavy atom. The molecule has 1 atom stereocenters. The molecule has 0 N–H and O–H groups in total. The molecule has 26 heavy (non-hydrogen) atoms. The lowest BCUT2D eigenvalue weighted by atomic mass is 10.1. The van der Waals surface area contributed by atoms with E-state index in [9.17, 15) is 18.0 Å². The van der Waals surface area contributed by atoms with Crippen LogP contribution in [0.2, 0.25) is 0 Å². The maximum atomic E-state index is 12.9. The predicted molar refractivity (Wildman–Crippen MR) is 98.4 cm³/mol. The number of nitrogens with zero attached hydrogens (tertiary/aromatic N) is 1. The topological polar surface area (TPSA) is 29.5 Å². The molecule has 1 aliphatic rings. The van der Waals surface area contributed by atoms with E-state index in [2.05, 4.69) is 15.9 Å². The highest BCUT2D eigenvalue weighted by molar-refractivity contribution is 9.10. The van der Waals surface area contributed by atoms with Crippen LogP contribution in [0.3, 0.4) is 0 Å². The predicted octanol–water partition coefficient (Wildman–Crippen LogP) is 5.36. The zero-order chi connectivity index (χ0) is 18.9. The number of carbonyl (C=O) groups excluding carboxylic acids is 1. The molecule has 1 heterocycles. The first-order chi connectivity index (χ1) is 12.3. The standard InChI is InChI=1S/C18H15BrF3NO2S/c1-25-15-7-6-13(19)10-14(15)17-23(8-9-26-17)16(24)11-2-4-12(5-3-11)18(20,21)22/h2-7,10,17H,8-9H2,1H3. The number of alkyl halides is 3. The molecule has 1 fully saturated rings. The van der Waals surface area contributed by atoms with E-state index in [0.29, 0.717) is 12.3 Å². The molecule has 1 aliphatic heterocycles. The minimum Gasteiger partial charge on any atom is -0.496 e. The van der Waals surface area contributed by atoms with Crippen LogP contribution in [0.15, 0.2) is 46.9 Å². The first kappa shape index (κ1) is 19.1. The highest BCUT2D eigenvalue weighted by atomic mass is 79.9. The van der Waals surface area contributed by atoms with Crippen LogP contribution in [0, 0.1) is 0 Å². The van der Waals surface area contributed by atoms with Crippen molar-refractivity contribution in [3.8, 4) is 5.75 Å². The van der Waals surface area contributed by atoms with Crippen molar-refractivity contribution in [2.24, 2.45) is 0 Å². The molecule has 0 saturated carbocycles. The summed E-state index contributed by atoms with van der Waals surface area (Å²) in [6.45, 7) is 0.519. The summed E-state index contributed by atoms with van der Waals surface area (Å²) in [7, 11) is 1.56. The van der Waals surface area contributed by atoms with Gasteiger partial charge in [0, 0.05) is 27.9 Å². The van der Waals surface area contributed by atoms with Crippen molar-refractivity contribution in [1.82, 2.24) is 4.90 Å². The average molecular weight is 446 g/mol. The Kier molecular flexibility index (Phi) is 5.53. The Balaban J connectivity index is 1.88. The van der Waals surface area contributed by atoms with Crippen LogP contribution >= 0.6 is 27.7 Å². The summed E-state index contributed by atoms with van der Waals surface area (Å²) in [6, 6.07) is 9.89. The summed E-state index contributed by atoms with van der Waals surface area (Å²) in [4.78, 5) is 14.5. The summed E-state index contributed by atoms with van der Waals surface area (Å²) < 4.78 is 44.4. The third-order valence-electron chi connectivity index (χ3n) is 4.07. The summed E-state index contributed by atoms with van der Waals surface area (Å²) in [5.41, 5.74) is 0.319. The zero-order valence-corrected chi connectivity index (χ0v) is 16.1. The van der Waals surface area contributed by atoms with Crippen molar-refractivity contribution in [2.45, 2.75) is 11.6 Å². The number of hydrogen-bond acceptors (Lipinski definition) is 3. The molecule has 0 aromatic heterocycles. The van der Waals surface area contributed by atoms with Gasteiger partial charge in [-0.25, -0.2) is 0 Å². The average Bonchev–Trinajstić information content (AvgIpc) is 3.10. The fraction of sp³-hybridized carbons (Fsp3) is 0.278. The quantitative estimate of drug-likeness (QED) is 0.636. The molecule has 3 rings (SSSR count). The lowest BCUT2D eigenvalue weighted by Gasteiger charge is -2.26. The molecule has 2 aromatic rings. The lowest BCUT2D eigenvalue weighted by molar-refractivity contribution is -0.137. The van der Waals surface area contributed by atoms with Gasteiger partial charge in [0.1, 0.15) is 11.1 Å². The number of benzene rings is 2. The SMILES string of the molecule is COc1ccc(Br)cc1C1SCCN1C(=O)c1ccc(C(F)(F)F)cc1. The van der Waals surface area contributed by atoms with Gasteiger partial charge in [0.2, 0.25) is 0 Å². The molecular weight excluding hydrogens is 431 g/mol. The largest absolute Gasteiger partial charge is 0.496 e. The van der Waals surface area contributed by atoms with Crippen LogP contribution in [0.25, 0.3) is 0 Å². The van der Waals surface area contributed by atoms with Crippen LogP contribution in [-0.2, 0) is 6.18 Å². The first-order valence-corrected chi connectivity index (χ1v) is 9.58. The molecule has 1 amide bonds. The Morgan fingerprint density at radius 1 is 1.23 bits per heavy atom. The van der Waals surface area contributed by atoms with Gasteiger partial charge in [-0.05, 0) is 42.5 Å². The number of ether oxygens (including phenoxy) is 1. The number of carbonyl (C=O) groups is 1. The maximum absolute atomic E-state index is 12.9. The number of rotatable bonds is 3. The van der Waals surface area contributed by atoms with Gasteiger partial charge in [-0.1, -0.05) is 15.9 Å². The van der Waals surface area contributed by atoms with Crippen LogP contribution in [0.4, 0.5) is 13.2 Å². The molecule has 0 spiro atoms. The molecule has 138 valence electrons. The van der Waals surface area contributed by atoms with Crippen LogP contribution in [0.5, 0.6) is 5.75 Å². The Morgan fingerprint density at radius 3 is 2.54 bits per heavy atom. The number of halogens is 4. The molecule has 2 aromatic carbocycles. The number of hydrogen-bond donors (Lipinski definition) is 0. The van der Waals surface area contributed by atoms with Gasteiger partial charge in [-0.3, -0.25) is 4.79 Å². The second-order valence-corrected chi connectivity index (χ2v) is 7.79. The van der Waals surface area contributed by atoms with E-state index in [-0.39, 0.29) is 16.8 Å². The second kappa shape index (κ2) is 7.52. The van der Waals surface area contributed by atoms with Gasteiger partial charge < -0.3 is 9.64 Å². The third-order valence-corrected chi connectivity index (χ3v) is 5.80. The fourth-order valence-electron chi connectivity index (χ4n) is 2.80. The lowest BCUT2D eigenvalue weighted by Crippen LogP contribution is -2.30. The Bertz CT molecular complexity index is 811. The van der Waals surface area contributed by atoms with Crippen LogP contribution in [-0.4, -0.2) is 30.2 Å². The molecule has 3 nitrogen and oxygen atoms in total. The van der Waals surface area contributed by atoms with Gasteiger partial charge in [0.05, 0.1) is 12.7 Å². The summed E-state index contributed by atoms with van der Waals surface area (Å²) in [6.07, 6.45) is -4.42. The summed E-state index contributed by atoms with van der Waals surface area (Å²) in [5.74, 6) is 1.11. The number of methoxy groups -OCH3 is 1. The molecular formula is C18H15BrF3NO2S. The molecule has 1 unspecified atom stereocenters. The van der Waals surface area contributed by atoms with Crippen molar-refractivity contribution in [3.63, 3.8) is 0 Å². The van der Waals surface area contributed by atoms with Crippen molar-refractivity contribution < 1.29 is 22.7 Å². The molecule has 0 bridgehead atoms. The van der Waals surface area contributed by atoms with Crippen molar-refractivity contribution >= 4 is 33.6 Å². The van der Waals surface area contributed by atoms with Gasteiger partial charge >= 0.3 is 6.18 Å². The minimum atomic E-state index is -4.42. The second-order valence-electron chi connectivity index (χ2n) is 5.68. The Labute approximate surface area is 161 Å². The third kappa shape index (κ3) is 3.86. The minimum absolute atomic E-state index is 0.236. The normalized spacial score (nSPS) is 17.4. The van der Waals surface area contributed by atoms with E-state index >= 15 is 0 Å². The highest BCUT2D eigenvalue weighted by Gasteiger charge is 2.34. The fourth-order valence-corrected chi connectivity index (χ4v) is 4.45. The van der Waals surface area contributed by atoms with E-state index in [1.54, 1.807) is 23.8 Å². The molecule has 8 heteroatoms. The van der Waals surface area contributed by atoms with Gasteiger partial charge in [-0.2, -0.15) is 13.2 Å². The number of thioether (sulfide) groups is 1. The smallest absolute Gasteiger partial charge is 0.416 e. The van der Waals surface area contributed by atoms with E-state index in [1.165, 1.54) is 12.1 Å². The van der Waals surface area contributed by atoms with Crippen LogP contribution in [0.1, 0.15) is 26.9 Å². The van der Waals surface area contributed by atoms with Gasteiger partial charge in [-0.15, -0.1) is 11.8 Å². The molecule has 0 aliphatic carbocycles. The van der Waals surface area contributed by atoms with Gasteiger partial charge in [0.25, 0.3) is 5.91 Å². The highest BCUT2D eigenvalue weighted by Crippen LogP contribution is 2.43. The van der Waals surface area contributed by atoms with Crippen molar-refractivity contribution in [1.29, 1.82) is 0 Å². The number of amides is 1. The zero-order valence-electron chi connectivity index (χ0n) is 13.7. The van der Waals surface area contributed by atoms with E-state index < -0.39 is 11.7 Å². The van der Waals surface area contributed by atoms with Crippen molar-refractivity contribution in [3.05, 3.63) is 63.6 Å². The van der Waals surface area contributed by atoms with Crippen molar-refractivity contribution in [2.75, 3.05) is 19.4 Å². The van der Waals surface area contributed by atoms with E-state index in [1.807, 2.05) is 18.2 Å².